The van der Waals surface area contributed by atoms with E-state index in [1.807, 2.05) is 13.0 Å². The van der Waals surface area contributed by atoms with E-state index in [1.165, 1.54) is 5.69 Å². The first kappa shape index (κ1) is 12.0. The van der Waals surface area contributed by atoms with Gasteiger partial charge in [0.05, 0.1) is 5.56 Å². The molecule has 1 fully saturated rings. The Balaban J connectivity index is 2.11. The van der Waals surface area contributed by atoms with Crippen molar-refractivity contribution in [1.82, 2.24) is 0 Å². The smallest absolute Gasteiger partial charge is 0.335 e. The third kappa shape index (κ3) is 2.28. The summed E-state index contributed by atoms with van der Waals surface area (Å²) in [5.41, 5.74) is 2.59. The second-order valence-corrected chi connectivity index (χ2v) is 5.22. The van der Waals surface area contributed by atoms with E-state index in [1.54, 1.807) is 12.1 Å². The van der Waals surface area contributed by atoms with E-state index in [0.29, 0.717) is 5.56 Å². The van der Waals surface area contributed by atoms with E-state index in [9.17, 15) is 4.79 Å². The molecule has 0 unspecified atom stereocenters. The molecule has 17 heavy (non-hydrogen) atoms. The molecule has 0 amide bonds. The zero-order valence-electron chi connectivity index (χ0n) is 10.6. The summed E-state index contributed by atoms with van der Waals surface area (Å²) in [5, 5.41) is 8.91. The molecule has 0 aliphatic carbocycles. The van der Waals surface area contributed by atoms with Crippen LogP contribution in [0.2, 0.25) is 0 Å². The SMILES string of the molecule is Cc1cc(C(=O)O)ccc1N1CC(C(C)C)C1. The van der Waals surface area contributed by atoms with Crippen LogP contribution in [0.25, 0.3) is 0 Å². The summed E-state index contributed by atoms with van der Waals surface area (Å²) < 4.78 is 0. The van der Waals surface area contributed by atoms with Crippen LogP contribution >= 0.6 is 0 Å². The third-order valence-electron chi connectivity index (χ3n) is 3.64. The molecule has 1 N–H and O–H groups in total. The first-order valence-electron chi connectivity index (χ1n) is 6.08. The molecule has 1 aliphatic rings. The second-order valence-electron chi connectivity index (χ2n) is 5.22. The third-order valence-corrected chi connectivity index (χ3v) is 3.64. The van der Waals surface area contributed by atoms with Crippen LogP contribution in [0, 0.1) is 18.8 Å². The maximum absolute atomic E-state index is 10.8. The van der Waals surface area contributed by atoms with Crippen molar-refractivity contribution in [1.29, 1.82) is 0 Å². The van der Waals surface area contributed by atoms with Crippen LogP contribution in [-0.4, -0.2) is 24.2 Å². The Morgan fingerprint density at radius 3 is 2.53 bits per heavy atom. The fourth-order valence-corrected chi connectivity index (χ4v) is 2.27. The number of rotatable bonds is 3. The van der Waals surface area contributed by atoms with Crippen LogP contribution in [0.3, 0.4) is 0 Å². The van der Waals surface area contributed by atoms with Gasteiger partial charge in [0.2, 0.25) is 0 Å². The Morgan fingerprint density at radius 2 is 2.06 bits per heavy atom. The zero-order valence-corrected chi connectivity index (χ0v) is 10.6. The quantitative estimate of drug-likeness (QED) is 0.872. The van der Waals surface area contributed by atoms with Crippen molar-refractivity contribution >= 4 is 11.7 Å². The number of carboxylic acids is 1. The van der Waals surface area contributed by atoms with Gasteiger partial charge in [-0.05, 0) is 42.5 Å². The second kappa shape index (κ2) is 4.40. The predicted octanol–water partition coefficient (Wildman–Crippen LogP) is 2.79. The Morgan fingerprint density at radius 1 is 1.41 bits per heavy atom. The summed E-state index contributed by atoms with van der Waals surface area (Å²) in [6, 6.07) is 5.36. The predicted molar refractivity (Wildman–Crippen MR) is 68.7 cm³/mol. The first-order valence-corrected chi connectivity index (χ1v) is 6.08. The monoisotopic (exact) mass is 233 g/mol. The van der Waals surface area contributed by atoms with Crippen molar-refractivity contribution in [2.75, 3.05) is 18.0 Å². The van der Waals surface area contributed by atoms with Gasteiger partial charge in [-0.1, -0.05) is 13.8 Å². The molecule has 3 nitrogen and oxygen atoms in total. The fourth-order valence-electron chi connectivity index (χ4n) is 2.27. The lowest BCUT2D eigenvalue weighted by atomic mass is 9.87. The van der Waals surface area contributed by atoms with Crippen molar-refractivity contribution in [3.8, 4) is 0 Å². The molecular weight excluding hydrogens is 214 g/mol. The fraction of sp³-hybridized carbons (Fsp3) is 0.500. The summed E-state index contributed by atoms with van der Waals surface area (Å²) in [5.74, 6) is 0.640. The molecule has 1 aromatic rings. The summed E-state index contributed by atoms with van der Waals surface area (Å²) in [6.45, 7) is 8.66. The van der Waals surface area contributed by atoms with Gasteiger partial charge in [0.1, 0.15) is 0 Å². The van der Waals surface area contributed by atoms with Crippen molar-refractivity contribution in [3.05, 3.63) is 29.3 Å². The highest BCUT2D eigenvalue weighted by molar-refractivity contribution is 5.88. The molecule has 1 saturated heterocycles. The molecule has 3 heteroatoms. The molecule has 1 aromatic carbocycles. The van der Waals surface area contributed by atoms with E-state index < -0.39 is 5.97 Å². The summed E-state index contributed by atoms with van der Waals surface area (Å²) in [4.78, 5) is 13.2. The van der Waals surface area contributed by atoms with Gasteiger partial charge in [-0.3, -0.25) is 0 Å². The van der Waals surface area contributed by atoms with Gasteiger partial charge >= 0.3 is 5.97 Å². The highest BCUT2D eigenvalue weighted by Gasteiger charge is 2.29. The van der Waals surface area contributed by atoms with Crippen molar-refractivity contribution in [3.63, 3.8) is 0 Å². The summed E-state index contributed by atoms with van der Waals surface area (Å²) in [6.07, 6.45) is 0. The Bertz CT molecular complexity index is 434. The highest BCUT2D eigenvalue weighted by atomic mass is 16.4. The minimum atomic E-state index is -0.858. The molecule has 1 heterocycles. The number of aryl methyl sites for hydroxylation is 1. The van der Waals surface area contributed by atoms with Gasteiger partial charge in [0, 0.05) is 18.8 Å². The van der Waals surface area contributed by atoms with Crippen LogP contribution < -0.4 is 4.90 Å². The number of anilines is 1. The first-order chi connectivity index (χ1) is 7.99. The van der Waals surface area contributed by atoms with E-state index in [-0.39, 0.29) is 0 Å². The average molecular weight is 233 g/mol. The summed E-state index contributed by atoms with van der Waals surface area (Å²) >= 11 is 0. The van der Waals surface area contributed by atoms with Gasteiger partial charge in [-0.2, -0.15) is 0 Å². The number of nitrogens with zero attached hydrogens (tertiary/aromatic N) is 1. The number of hydrogen-bond donors (Lipinski definition) is 1. The standard InChI is InChI=1S/C14H19NO2/c1-9(2)12-7-15(8-12)13-5-4-11(14(16)17)6-10(13)3/h4-6,9,12H,7-8H2,1-3H3,(H,16,17). The number of carboxylic acid groups (broad SMARTS) is 1. The molecule has 0 saturated carbocycles. The van der Waals surface area contributed by atoms with Gasteiger partial charge in [0.25, 0.3) is 0 Å². The number of benzene rings is 1. The Labute approximate surface area is 102 Å². The van der Waals surface area contributed by atoms with Gasteiger partial charge in [0.15, 0.2) is 0 Å². The van der Waals surface area contributed by atoms with Crippen LogP contribution in [0.1, 0.15) is 29.8 Å². The van der Waals surface area contributed by atoms with E-state index >= 15 is 0 Å². The Hall–Kier alpha value is -1.51. The minimum absolute atomic E-state index is 0.368. The number of carbonyl (C=O) groups is 1. The minimum Gasteiger partial charge on any atom is -0.478 e. The lowest BCUT2D eigenvalue weighted by Crippen LogP contribution is -2.49. The molecular formula is C14H19NO2. The molecule has 0 spiro atoms. The van der Waals surface area contributed by atoms with Crippen molar-refractivity contribution in [2.24, 2.45) is 11.8 Å². The summed E-state index contributed by atoms with van der Waals surface area (Å²) in [7, 11) is 0. The zero-order chi connectivity index (χ0) is 12.6. The van der Waals surface area contributed by atoms with E-state index in [2.05, 4.69) is 18.7 Å². The van der Waals surface area contributed by atoms with Crippen LogP contribution in [0.15, 0.2) is 18.2 Å². The molecule has 1 aliphatic heterocycles. The van der Waals surface area contributed by atoms with E-state index in [0.717, 1.165) is 30.5 Å². The van der Waals surface area contributed by atoms with E-state index in [4.69, 9.17) is 5.11 Å². The lowest BCUT2D eigenvalue weighted by Gasteiger charge is -2.44. The highest BCUT2D eigenvalue weighted by Crippen LogP contribution is 2.31. The largest absolute Gasteiger partial charge is 0.478 e. The molecule has 0 aromatic heterocycles. The van der Waals surface area contributed by atoms with Crippen LogP contribution in [-0.2, 0) is 0 Å². The normalized spacial score (nSPS) is 16.1. The Kier molecular flexibility index (Phi) is 3.09. The van der Waals surface area contributed by atoms with Crippen molar-refractivity contribution < 1.29 is 9.90 Å². The average Bonchev–Trinajstić information content (AvgIpc) is 2.17. The lowest BCUT2D eigenvalue weighted by molar-refractivity contribution is 0.0697. The molecule has 2 rings (SSSR count). The maximum atomic E-state index is 10.8. The molecule has 0 radical (unpaired) electrons. The van der Waals surface area contributed by atoms with Crippen molar-refractivity contribution in [2.45, 2.75) is 20.8 Å². The maximum Gasteiger partial charge on any atom is 0.335 e. The van der Waals surface area contributed by atoms with Crippen LogP contribution in [0.5, 0.6) is 0 Å². The number of aromatic carboxylic acids is 1. The number of hydrogen-bond acceptors (Lipinski definition) is 2. The van der Waals surface area contributed by atoms with Gasteiger partial charge in [-0.25, -0.2) is 4.79 Å². The van der Waals surface area contributed by atoms with Gasteiger partial charge < -0.3 is 10.0 Å². The van der Waals surface area contributed by atoms with Gasteiger partial charge in [-0.15, -0.1) is 0 Å². The molecule has 92 valence electrons. The topological polar surface area (TPSA) is 40.5 Å². The van der Waals surface area contributed by atoms with Crippen LogP contribution in [0.4, 0.5) is 5.69 Å². The molecule has 0 atom stereocenters. The molecule has 0 bridgehead atoms.